The lowest BCUT2D eigenvalue weighted by Crippen LogP contribution is -2.21. The number of hydrogen-bond acceptors (Lipinski definition) is 5. The molecule has 8 nitrogen and oxygen atoms in total. The molecule has 0 bridgehead atoms. The van der Waals surface area contributed by atoms with Gasteiger partial charge in [-0.3, -0.25) is 14.3 Å². The van der Waals surface area contributed by atoms with Gasteiger partial charge in [-0.15, -0.1) is 0 Å². The third-order valence-corrected chi connectivity index (χ3v) is 4.76. The lowest BCUT2D eigenvalue weighted by molar-refractivity contribution is 0.0958. The SMILES string of the molecule is CCn1cc(NC(=O)c2ccc(COc3ccc4ccccc4c3)o2)c(C(=O)NC)n1. The van der Waals surface area contributed by atoms with Crippen LogP contribution in [-0.2, 0) is 13.2 Å². The molecule has 0 aliphatic heterocycles. The summed E-state index contributed by atoms with van der Waals surface area (Å²) in [5.74, 6) is 0.478. The maximum absolute atomic E-state index is 12.6. The number of nitrogens with one attached hydrogen (secondary N) is 2. The summed E-state index contributed by atoms with van der Waals surface area (Å²) < 4.78 is 13.0. The Hall–Kier alpha value is -4.07. The molecule has 4 rings (SSSR count). The Bertz CT molecular complexity index is 1240. The van der Waals surface area contributed by atoms with E-state index in [-0.39, 0.29) is 24.0 Å². The van der Waals surface area contributed by atoms with Gasteiger partial charge in [-0.2, -0.15) is 5.10 Å². The van der Waals surface area contributed by atoms with E-state index in [1.54, 1.807) is 23.0 Å². The fourth-order valence-electron chi connectivity index (χ4n) is 3.13. The topological polar surface area (TPSA) is 98.4 Å². The predicted molar refractivity (Wildman–Crippen MR) is 116 cm³/mol. The van der Waals surface area contributed by atoms with Crippen LogP contribution in [0.25, 0.3) is 10.8 Å². The van der Waals surface area contributed by atoms with Crippen molar-refractivity contribution < 1.29 is 18.7 Å². The van der Waals surface area contributed by atoms with Gasteiger partial charge in [0.15, 0.2) is 11.5 Å². The summed E-state index contributed by atoms with van der Waals surface area (Å²) in [5.41, 5.74) is 0.459. The molecule has 0 unspecified atom stereocenters. The fourth-order valence-corrected chi connectivity index (χ4v) is 3.13. The van der Waals surface area contributed by atoms with E-state index >= 15 is 0 Å². The van der Waals surface area contributed by atoms with Gasteiger partial charge in [-0.25, -0.2) is 0 Å². The van der Waals surface area contributed by atoms with E-state index in [0.29, 0.717) is 23.7 Å². The van der Waals surface area contributed by atoms with Crippen molar-refractivity contribution in [2.24, 2.45) is 0 Å². The maximum Gasteiger partial charge on any atom is 0.291 e. The third-order valence-electron chi connectivity index (χ3n) is 4.76. The highest BCUT2D eigenvalue weighted by Gasteiger charge is 2.19. The van der Waals surface area contributed by atoms with Crippen LogP contribution in [0.5, 0.6) is 5.75 Å². The lowest BCUT2D eigenvalue weighted by Gasteiger charge is -2.06. The fraction of sp³-hybridized carbons (Fsp3) is 0.174. The highest BCUT2D eigenvalue weighted by atomic mass is 16.5. The predicted octanol–water partition coefficient (Wildman–Crippen LogP) is 3.84. The van der Waals surface area contributed by atoms with Crippen molar-refractivity contribution in [2.45, 2.75) is 20.1 Å². The Balaban J connectivity index is 1.43. The molecular weight excluding hydrogens is 396 g/mol. The van der Waals surface area contributed by atoms with Crippen molar-refractivity contribution >= 4 is 28.3 Å². The Morgan fingerprint density at radius 3 is 2.65 bits per heavy atom. The zero-order chi connectivity index (χ0) is 21.8. The first-order chi connectivity index (χ1) is 15.1. The quantitative estimate of drug-likeness (QED) is 0.475. The summed E-state index contributed by atoms with van der Waals surface area (Å²) in [7, 11) is 1.51. The van der Waals surface area contributed by atoms with Crippen LogP contribution in [0, 0.1) is 0 Å². The van der Waals surface area contributed by atoms with Crippen molar-refractivity contribution in [3.8, 4) is 5.75 Å². The van der Waals surface area contributed by atoms with Crippen LogP contribution in [-0.4, -0.2) is 28.6 Å². The van der Waals surface area contributed by atoms with Crippen LogP contribution in [0.15, 0.2) is 65.2 Å². The minimum atomic E-state index is -0.474. The first-order valence-corrected chi connectivity index (χ1v) is 9.88. The van der Waals surface area contributed by atoms with Crippen molar-refractivity contribution in [3.05, 3.63) is 78.0 Å². The number of aromatic nitrogens is 2. The Morgan fingerprint density at radius 1 is 1.06 bits per heavy atom. The van der Waals surface area contributed by atoms with Gasteiger partial charge in [-0.05, 0) is 42.0 Å². The second-order valence-corrected chi connectivity index (χ2v) is 6.84. The van der Waals surface area contributed by atoms with E-state index in [9.17, 15) is 9.59 Å². The van der Waals surface area contributed by atoms with Crippen LogP contribution >= 0.6 is 0 Å². The number of rotatable bonds is 7. The van der Waals surface area contributed by atoms with Crippen LogP contribution in [0.1, 0.15) is 33.7 Å². The van der Waals surface area contributed by atoms with Crippen LogP contribution in [0.4, 0.5) is 5.69 Å². The van der Waals surface area contributed by atoms with Gasteiger partial charge in [0.05, 0.1) is 5.69 Å². The number of hydrogen-bond donors (Lipinski definition) is 2. The smallest absolute Gasteiger partial charge is 0.291 e. The number of ether oxygens (including phenoxy) is 1. The molecule has 8 heteroatoms. The van der Waals surface area contributed by atoms with Crippen molar-refractivity contribution in [1.29, 1.82) is 0 Å². The molecule has 2 heterocycles. The summed E-state index contributed by atoms with van der Waals surface area (Å²) in [6, 6.07) is 17.1. The van der Waals surface area contributed by atoms with Gasteiger partial charge < -0.3 is 19.8 Å². The van der Waals surface area contributed by atoms with Crippen LogP contribution in [0.2, 0.25) is 0 Å². The number of benzene rings is 2. The first kappa shape index (κ1) is 20.2. The standard InChI is InChI=1S/C23H22N4O4/c1-3-27-13-19(21(26-27)23(29)24-2)25-22(28)20-11-10-18(31-20)14-30-17-9-8-15-6-4-5-7-16(15)12-17/h4-13H,3,14H2,1-2H3,(H,24,29)(H,25,28). The minimum Gasteiger partial charge on any atom is -0.486 e. The van der Waals surface area contributed by atoms with E-state index in [1.807, 2.05) is 49.4 Å². The number of furan rings is 1. The molecule has 2 aromatic heterocycles. The molecule has 0 saturated carbocycles. The van der Waals surface area contributed by atoms with Gasteiger partial charge in [0.25, 0.3) is 11.8 Å². The van der Waals surface area contributed by atoms with E-state index in [4.69, 9.17) is 9.15 Å². The number of amides is 2. The third kappa shape index (κ3) is 4.42. The number of aryl methyl sites for hydroxylation is 1. The molecule has 31 heavy (non-hydrogen) atoms. The van der Waals surface area contributed by atoms with Crippen molar-refractivity contribution in [1.82, 2.24) is 15.1 Å². The number of fused-ring (bicyclic) bond motifs is 1. The average Bonchev–Trinajstić information content (AvgIpc) is 3.44. The van der Waals surface area contributed by atoms with Gasteiger partial charge in [-0.1, -0.05) is 30.3 Å². The Morgan fingerprint density at radius 2 is 1.87 bits per heavy atom. The summed E-state index contributed by atoms with van der Waals surface area (Å²) in [6.07, 6.45) is 1.61. The molecule has 2 amide bonds. The second kappa shape index (κ2) is 8.74. The summed E-state index contributed by atoms with van der Waals surface area (Å²) in [5, 5.41) is 11.6. The summed E-state index contributed by atoms with van der Waals surface area (Å²) >= 11 is 0. The lowest BCUT2D eigenvalue weighted by atomic mass is 10.1. The largest absolute Gasteiger partial charge is 0.486 e. The maximum atomic E-state index is 12.6. The molecule has 2 aromatic carbocycles. The molecular formula is C23H22N4O4. The molecule has 158 valence electrons. The number of carbonyl (C=O) groups is 2. The van der Waals surface area contributed by atoms with Gasteiger partial charge in [0, 0.05) is 19.8 Å². The van der Waals surface area contributed by atoms with E-state index < -0.39 is 5.91 Å². The molecule has 4 aromatic rings. The van der Waals surface area contributed by atoms with E-state index in [0.717, 1.165) is 10.8 Å². The molecule has 0 aliphatic rings. The molecule has 0 spiro atoms. The number of anilines is 1. The monoisotopic (exact) mass is 418 g/mol. The van der Waals surface area contributed by atoms with E-state index in [2.05, 4.69) is 15.7 Å². The summed E-state index contributed by atoms with van der Waals surface area (Å²) in [6.45, 7) is 2.64. The normalized spacial score (nSPS) is 10.8. The molecule has 2 N–H and O–H groups in total. The molecule has 0 fully saturated rings. The minimum absolute atomic E-state index is 0.115. The molecule has 0 atom stereocenters. The Labute approximate surface area is 178 Å². The zero-order valence-electron chi connectivity index (χ0n) is 17.2. The first-order valence-electron chi connectivity index (χ1n) is 9.88. The van der Waals surface area contributed by atoms with Gasteiger partial charge >= 0.3 is 0 Å². The van der Waals surface area contributed by atoms with Crippen molar-refractivity contribution in [2.75, 3.05) is 12.4 Å². The average molecular weight is 418 g/mol. The molecule has 0 aliphatic carbocycles. The van der Waals surface area contributed by atoms with Crippen LogP contribution < -0.4 is 15.4 Å². The molecule has 0 radical (unpaired) electrons. The number of nitrogens with zero attached hydrogens (tertiary/aromatic N) is 2. The van der Waals surface area contributed by atoms with Crippen molar-refractivity contribution in [3.63, 3.8) is 0 Å². The van der Waals surface area contributed by atoms with Crippen LogP contribution in [0.3, 0.4) is 0 Å². The molecule has 0 saturated heterocycles. The highest BCUT2D eigenvalue weighted by Crippen LogP contribution is 2.22. The van der Waals surface area contributed by atoms with Gasteiger partial charge in [0.2, 0.25) is 0 Å². The highest BCUT2D eigenvalue weighted by molar-refractivity contribution is 6.06. The second-order valence-electron chi connectivity index (χ2n) is 6.84. The van der Waals surface area contributed by atoms with Gasteiger partial charge in [0.1, 0.15) is 18.1 Å². The zero-order valence-corrected chi connectivity index (χ0v) is 17.2. The Kier molecular flexibility index (Phi) is 5.70. The summed E-state index contributed by atoms with van der Waals surface area (Å²) in [4.78, 5) is 24.6. The van der Waals surface area contributed by atoms with E-state index in [1.165, 1.54) is 7.05 Å². The number of carbonyl (C=O) groups excluding carboxylic acids is 2.